The van der Waals surface area contributed by atoms with Gasteiger partial charge in [0.2, 0.25) is 0 Å². The molecule has 1 aromatic heterocycles. The van der Waals surface area contributed by atoms with Crippen LogP contribution in [0.15, 0.2) is 121 Å². The molecular formula is C39H32N2. The number of aromatic nitrogens is 1. The Hall–Kier alpha value is -4.82. The van der Waals surface area contributed by atoms with Crippen molar-refractivity contribution in [3.63, 3.8) is 0 Å². The number of aryl methyl sites for hydroxylation is 2. The van der Waals surface area contributed by atoms with Gasteiger partial charge in [0.05, 0.1) is 22.4 Å². The summed E-state index contributed by atoms with van der Waals surface area (Å²) in [6.07, 6.45) is 0. The predicted octanol–water partition coefficient (Wildman–Crippen LogP) is 10.7. The standard InChI is InChI=1S/C39H32N2/c1-25-21-26(2)23-29(22-25)40(35-18-9-12-27-11-5-6-13-30(27)35)28-19-20-36-32(24-28)31-14-10-16-34-38(31)41(36)37-17-8-7-15-33(37)39(34,3)4/h5-24H,1-4H3. The normalized spacial score (nSPS) is 13.6. The Kier molecular flexibility index (Phi) is 5.03. The average molecular weight is 529 g/mol. The van der Waals surface area contributed by atoms with E-state index < -0.39 is 0 Å². The smallest absolute Gasteiger partial charge is 0.0582 e. The van der Waals surface area contributed by atoms with Gasteiger partial charge in [-0.15, -0.1) is 0 Å². The van der Waals surface area contributed by atoms with E-state index in [1.165, 1.54) is 71.9 Å². The first kappa shape index (κ1) is 24.0. The minimum atomic E-state index is -0.0720. The fourth-order valence-electron chi connectivity index (χ4n) is 7.20. The van der Waals surface area contributed by atoms with Crippen LogP contribution in [0, 0.1) is 13.8 Å². The highest BCUT2D eigenvalue weighted by atomic mass is 15.1. The maximum Gasteiger partial charge on any atom is 0.0582 e. The molecule has 7 aromatic rings. The Bertz CT molecular complexity index is 2140. The van der Waals surface area contributed by atoms with Crippen LogP contribution >= 0.6 is 0 Å². The van der Waals surface area contributed by atoms with E-state index in [0.717, 1.165) is 5.69 Å². The van der Waals surface area contributed by atoms with Crippen molar-refractivity contribution in [3.05, 3.63) is 144 Å². The van der Waals surface area contributed by atoms with Gasteiger partial charge in [0.1, 0.15) is 0 Å². The molecule has 0 unspecified atom stereocenters. The molecule has 1 aliphatic rings. The van der Waals surface area contributed by atoms with Crippen molar-refractivity contribution in [2.24, 2.45) is 0 Å². The highest BCUT2D eigenvalue weighted by Gasteiger charge is 2.34. The van der Waals surface area contributed by atoms with Crippen molar-refractivity contribution < 1.29 is 0 Å². The lowest BCUT2D eigenvalue weighted by Crippen LogP contribution is -2.26. The number of benzene rings is 6. The highest BCUT2D eigenvalue weighted by Crippen LogP contribution is 2.48. The van der Waals surface area contributed by atoms with Crippen molar-refractivity contribution in [3.8, 4) is 5.69 Å². The summed E-state index contributed by atoms with van der Waals surface area (Å²) in [6, 6.07) is 44.9. The number of fused-ring (bicyclic) bond motifs is 6. The molecule has 0 bridgehead atoms. The maximum atomic E-state index is 2.49. The first-order chi connectivity index (χ1) is 19.9. The number of para-hydroxylation sites is 2. The lowest BCUT2D eigenvalue weighted by Gasteiger charge is -2.34. The fourth-order valence-corrected chi connectivity index (χ4v) is 7.20. The molecule has 2 heterocycles. The molecule has 0 radical (unpaired) electrons. The fraction of sp³-hybridized carbons (Fsp3) is 0.128. The maximum absolute atomic E-state index is 2.49. The second-order valence-corrected chi connectivity index (χ2v) is 12.1. The minimum absolute atomic E-state index is 0.0720. The van der Waals surface area contributed by atoms with Crippen LogP contribution < -0.4 is 4.90 Å². The highest BCUT2D eigenvalue weighted by molar-refractivity contribution is 6.13. The number of hydrogen-bond acceptors (Lipinski definition) is 1. The molecule has 0 aliphatic carbocycles. The van der Waals surface area contributed by atoms with Crippen LogP contribution in [0.2, 0.25) is 0 Å². The van der Waals surface area contributed by atoms with Crippen LogP contribution in [0.3, 0.4) is 0 Å². The molecule has 0 saturated heterocycles. The summed E-state index contributed by atoms with van der Waals surface area (Å²) in [7, 11) is 0. The summed E-state index contributed by atoms with van der Waals surface area (Å²) in [5, 5.41) is 5.07. The number of hydrogen-bond donors (Lipinski definition) is 0. The number of rotatable bonds is 3. The molecule has 0 fully saturated rings. The summed E-state index contributed by atoms with van der Waals surface area (Å²) in [5.41, 5.74) is 12.6. The van der Waals surface area contributed by atoms with E-state index in [1.54, 1.807) is 0 Å². The Labute approximate surface area is 241 Å². The van der Waals surface area contributed by atoms with Gasteiger partial charge in [-0.3, -0.25) is 0 Å². The zero-order chi connectivity index (χ0) is 27.9. The molecule has 0 saturated carbocycles. The van der Waals surface area contributed by atoms with Crippen LogP contribution in [-0.4, -0.2) is 4.57 Å². The molecular weight excluding hydrogens is 496 g/mol. The molecule has 2 heteroatoms. The second-order valence-electron chi connectivity index (χ2n) is 12.1. The van der Waals surface area contributed by atoms with E-state index in [0.29, 0.717) is 0 Å². The molecule has 198 valence electrons. The Morgan fingerprint density at radius 3 is 2.10 bits per heavy atom. The van der Waals surface area contributed by atoms with E-state index >= 15 is 0 Å². The SMILES string of the molecule is Cc1cc(C)cc(N(c2ccc3c(c2)c2cccc4c2n3-c2ccccc2C4(C)C)c2cccc3ccccc23)c1. The minimum Gasteiger partial charge on any atom is -0.310 e. The van der Waals surface area contributed by atoms with Crippen molar-refractivity contribution >= 4 is 49.6 Å². The molecule has 0 amide bonds. The van der Waals surface area contributed by atoms with E-state index in [-0.39, 0.29) is 5.41 Å². The summed E-state index contributed by atoms with van der Waals surface area (Å²) >= 11 is 0. The van der Waals surface area contributed by atoms with Crippen molar-refractivity contribution in [2.75, 3.05) is 4.90 Å². The average Bonchev–Trinajstić information content (AvgIpc) is 3.30. The van der Waals surface area contributed by atoms with Crippen LogP contribution in [0.25, 0.3) is 38.3 Å². The largest absolute Gasteiger partial charge is 0.310 e. The van der Waals surface area contributed by atoms with E-state index in [9.17, 15) is 0 Å². The Morgan fingerprint density at radius 1 is 0.561 bits per heavy atom. The van der Waals surface area contributed by atoms with Crippen LogP contribution in [-0.2, 0) is 5.41 Å². The van der Waals surface area contributed by atoms with Gasteiger partial charge >= 0.3 is 0 Å². The first-order valence-corrected chi connectivity index (χ1v) is 14.5. The van der Waals surface area contributed by atoms with Crippen molar-refractivity contribution in [1.29, 1.82) is 0 Å². The quantitative estimate of drug-likeness (QED) is 0.221. The summed E-state index contributed by atoms with van der Waals surface area (Å²) in [5.74, 6) is 0. The monoisotopic (exact) mass is 528 g/mol. The van der Waals surface area contributed by atoms with E-state index in [4.69, 9.17) is 0 Å². The number of nitrogens with zero attached hydrogens (tertiary/aromatic N) is 2. The molecule has 8 rings (SSSR count). The van der Waals surface area contributed by atoms with Gasteiger partial charge in [-0.2, -0.15) is 0 Å². The van der Waals surface area contributed by atoms with Gasteiger partial charge < -0.3 is 9.47 Å². The van der Waals surface area contributed by atoms with Gasteiger partial charge in [-0.1, -0.05) is 92.7 Å². The van der Waals surface area contributed by atoms with Crippen LogP contribution in [0.4, 0.5) is 17.1 Å². The van der Waals surface area contributed by atoms with Crippen molar-refractivity contribution in [2.45, 2.75) is 33.1 Å². The topological polar surface area (TPSA) is 8.17 Å². The molecule has 0 spiro atoms. The Balaban J connectivity index is 1.45. The molecule has 0 N–H and O–H groups in total. The number of anilines is 3. The zero-order valence-corrected chi connectivity index (χ0v) is 23.9. The van der Waals surface area contributed by atoms with E-state index in [1.807, 2.05) is 0 Å². The summed E-state index contributed by atoms with van der Waals surface area (Å²) in [4.78, 5) is 2.44. The third-order valence-electron chi connectivity index (χ3n) is 8.99. The van der Waals surface area contributed by atoms with E-state index in [2.05, 4.69) is 158 Å². The molecule has 41 heavy (non-hydrogen) atoms. The third kappa shape index (κ3) is 3.44. The van der Waals surface area contributed by atoms with Crippen LogP contribution in [0.1, 0.15) is 36.1 Å². The second kappa shape index (κ2) is 8.59. The van der Waals surface area contributed by atoms with Gasteiger partial charge in [0, 0.05) is 32.9 Å². The van der Waals surface area contributed by atoms with Crippen LogP contribution in [0.5, 0.6) is 0 Å². The summed E-state index contributed by atoms with van der Waals surface area (Å²) < 4.78 is 2.49. The molecule has 1 aliphatic heterocycles. The Morgan fingerprint density at radius 2 is 1.24 bits per heavy atom. The van der Waals surface area contributed by atoms with Gasteiger partial charge in [-0.05, 0) is 84.0 Å². The summed E-state index contributed by atoms with van der Waals surface area (Å²) in [6.45, 7) is 9.08. The zero-order valence-electron chi connectivity index (χ0n) is 23.9. The molecule has 0 atom stereocenters. The third-order valence-corrected chi connectivity index (χ3v) is 8.99. The first-order valence-electron chi connectivity index (χ1n) is 14.5. The van der Waals surface area contributed by atoms with Gasteiger partial charge in [-0.25, -0.2) is 0 Å². The lowest BCUT2D eigenvalue weighted by molar-refractivity contribution is 0.630. The molecule has 6 aromatic carbocycles. The van der Waals surface area contributed by atoms with Crippen molar-refractivity contribution in [1.82, 2.24) is 4.57 Å². The predicted molar refractivity (Wildman–Crippen MR) is 175 cm³/mol. The van der Waals surface area contributed by atoms with Gasteiger partial charge in [0.25, 0.3) is 0 Å². The van der Waals surface area contributed by atoms with Gasteiger partial charge in [0.15, 0.2) is 0 Å². The lowest BCUT2D eigenvalue weighted by atomic mass is 9.75. The molecule has 2 nitrogen and oxygen atoms in total.